The first-order chi connectivity index (χ1) is 16.9. The van der Waals surface area contributed by atoms with Crippen LogP contribution < -0.4 is 11.1 Å². The van der Waals surface area contributed by atoms with E-state index in [2.05, 4.69) is 58.4 Å². The first kappa shape index (κ1) is 22.0. The number of nitrogens with one attached hydrogen (secondary N) is 1. The van der Waals surface area contributed by atoms with Crippen molar-refractivity contribution < 1.29 is 4.79 Å². The molecule has 7 heteroatoms. The van der Waals surface area contributed by atoms with Crippen molar-refractivity contribution in [2.75, 3.05) is 5.73 Å². The molecular weight excluding hydrogens is 436 g/mol. The van der Waals surface area contributed by atoms with Gasteiger partial charge < -0.3 is 11.1 Å². The summed E-state index contributed by atoms with van der Waals surface area (Å²) in [7, 11) is 0. The summed E-state index contributed by atoms with van der Waals surface area (Å²) in [6, 6.07) is 8.04. The molecule has 0 bridgehead atoms. The SMILES string of the molecule is CC1=NC2C=CC(n3ncc(C(=O)C4=Cc5ccc(CN6C(C)CCC6C)cc5C4)c3N)=CC2N1. The third kappa shape index (κ3) is 3.84. The Balaban J connectivity index is 1.18. The Kier molecular flexibility index (Phi) is 5.25. The lowest BCUT2D eigenvalue weighted by atomic mass is 10.0. The number of carbonyl (C=O) groups excluding carboxylic acids is 1. The van der Waals surface area contributed by atoms with E-state index in [0.29, 0.717) is 29.9 Å². The number of likely N-dealkylation sites (tertiary alicyclic amines) is 1. The van der Waals surface area contributed by atoms with Gasteiger partial charge in [0.25, 0.3) is 0 Å². The fourth-order valence-electron chi connectivity index (χ4n) is 5.87. The van der Waals surface area contributed by atoms with Crippen LogP contribution in [-0.2, 0) is 13.0 Å². The van der Waals surface area contributed by atoms with Crippen LogP contribution in [0.5, 0.6) is 0 Å². The van der Waals surface area contributed by atoms with Gasteiger partial charge in [-0.1, -0.05) is 24.3 Å². The number of rotatable bonds is 5. The third-order valence-electron chi connectivity index (χ3n) is 7.91. The number of ketones is 1. The van der Waals surface area contributed by atoms with Gasteiger partial charge in [-0.25, -0.2) is 4.68 Å². The van der Waals surface area contributed by atoms with Crippen LogP contribution in [0.25, 0.3) is 11.8 Å². The number of amidine groups is 1. The van der Waals surface area contributed by atoms with Crippen LogP contribution in [-0.4, -0.2) is 50.5 Å². The van der Waals surface area contributed by atoms with Gasteiger partial charge in [-0.3, -0.25) is 14.7 Å². The summed E-state index contributed by atoms with van der Waals surface area (Å²) in [6.07, 6.45) is 12.8. The number of hydrogen-bond donors (Lipinski definition) is 2. The fourth-order valence-corrected chi connectivity index (χ4v) is 5.87. The lowest BCUT2D eigenvalue weighted by molar-refractivity contribution is 0.103. The molecule has 1 saturated heterocycles. The molecule has 2 aliphatic heterocycles. The van der Waals surface area contributed by atoms with E-state index in [0.717, 1.165) is 29.2 Å². The topological polar surface area (TPSA) is 88.5 Å². The first-order valence-electron chi connectivity index (χ1n) is 12.5. The van der Waals surface area contributed by atoms with Gasteiger partial charge in [-0.2, -0.15) is 5.10 Å². The Hall–Kier alpha value is -3.45. The number of nitrogens with zero attached hydrogens (tertiary/aromatic N) is 4. The van der Waals surface area contributed by atoms with E-state index in [-0.39, 0.29) is 17.9 Å². The quantitative estimate of drug-likeness (QED) is 0.651. The van der Waals surface area contributed by atoms with Crippen LogP contribution in [0.3, 0.4) is 0 Å². The van der Waals surface area contributed by atoms with Gasteiger partial charge in [0.1, 0.15) is 5.82 Å². The number of carbonyl (C=O) groups is 1. The van der Waals surface area contributed by atoms with Crippen LogP contribution in [0.2, 0.25) is 0 Å². The van der Waals surface area contributed by atoms with Crippen LogP contribution >= 0.6 is 0 Å². The van der Waals surface area contributed by atoms with Crippen LogP contribution in [0.1, 0.15) is 60.7 Å². The first-order valence-corrected chi connectivity index (χ1v) is 12.5. The fraction of sp³-hybridized carbons (Fsp3) is 0.393. The summed E-state index contributed by atoms with van der Waals surface area (Å²) in [5.41, 5.74) is 12.1. The van der Waals surface area contributed by atoms with Crippen molar-refractivity contribution in [2.24, 2.45) is 4.99 Å². The lowest BCUT2D eigenvalue weighted by Gasteiger charge is -2.26. The van der Waals surface area contributed by atoms with Crippen LogP contribution in [0.4, 0.5) is 5.82 Å². The standard InChI is InChI=1S/C28H32N6O/c1-16-4-5-17(2)33(16)15-19-6-7-20-11-22(12-21(20)10-19)27(35)24-14-30-34(28(24)29)23-8-9-25-26(13-23)32-18(3)31-25/h6-11,13-14,16-17,25-26H,4-5,12,15,29H2,1-3H3,(H,31,32). The minimum absolute atomic E-state index is 0.0512. The second kappa shape index (κ2) is 8.34. The number of fused-ring (bicyclic) bond motifs is 2. The van der Waals surface area contributed by atoms with Crippen molar-refractivity contribution in [1.29, 1.82) is 0 Å². The number of aromatic nitrogens is 2. The molecule has 0 spiro atoms. The summed E-state index contributed by atoms with van der Waals surface area (Å²) in [5, 5.41) is 7.81. The number of aliphatic imine (C=N–C) groups is 1. The number of anilines is 1. The molecule has 4 unspecified atom stereocenters. The van der Waals surface area contributed by atoms with E-state index in [1.165, 1.54) is 24.0 Å². The predicted molar refractivity (Wildman–Crippen MR) is 140 cm³/mol. The molecule has 4 aliphatic rings. The molecule has 3 heterocycles. The van der Waals surface area contributed by atoms with Gasteiger partial charge in [0.2, 0.25) is 0 Å². The number of Topliss-reactive ketones (excluding diaryl/α,β-unsaturated/α-hetero) is 1. The molecule has 35 heavy (non-hydrogen) atoms. The lowest BCUT2D eigenvalue weighted by Crippen LogP contribution is -2.33. The molecule has 2 aliphatic carbocycles. The van der Waals surface area contributed by atoms with E-state index in [1.54, 1.807) is 10.9 Å². The Bertz CT molecular complexity index is 1320. The molecule has 0 amide bonds. The molecule has 2 aromatic rings. The van der Waals surface area contributed by atoms with Crippen molar-refractivity contribution in [1.82, 2.24) is 20.0 Å². The maximum Gasteiger partial charge on any atom is 0.194 e. The predicted octanol–water partition coefficient (Wildman–Crippen LogP) is 3.83. The molecule has 1 aromatic heterocycles. The number of nitrogens with two attached hydrogens (primary N) is 1. The van der Waals surface area contributed by atoms with Crippen molar-refractivity contribution in [3.8, 4) is 0 Å². The zero-order valence-corrected chi connectivity index (χ0v) is 20.5. The normalized spacial score (nSPS) is 27.2. The highest BCUT2D eigenvalue weighted by Crippen LogP contribution is 2.32. The highest BCUT2D eigenvalue weighted by Gasteiger charge is 2.30. The van der Waals surface area contributed by atoms with E-state index in [4.69, 9.17) is 5.73 Å². The van der Waals surface area contributed by atoms with E-state index in [1.807, 2.05) is 25.2 Å². The molecule has 1 aromatic carbocycles. The van der Waals surface area contributed by atoms with E-state index in [9.17, 15) is 4.79 Å². The highest BCUT2D eigenvalue weighted by molar-refractivity contribution is 6.15. The molecule has 1 fully saturated rings. The van der Waals surface area contributed by atoms with Crippen molar-refractivity contribution >= 4 is 29.2 Å². The van der Waals surface area contributed by atoms with E-state index >= 15 is 0 Å². The molecule has 3 N–H and O–H groups in total. The number of allylic oxidation sites excluding steroid dienone is 3. The van der Waals surface area contributed by atoms with Crippen LogP contribution in [0.15, 0.2) is 53.2 Å². The Morgan fingerprint density at radius 3 is 2.83 bits per heavy atom. The van der Waals surface area contributed by atoms with Gasteiger partial charge in [-0.15, -0.1) is 0 Å². The minimum Gasteiger partial charge on any atom is -0.383 e. The molecule has 4 atom stereocenters. The zero-order chi connectivity index (χ0) is 24.3. The maximum atomic E-state index is 13.4. The van der Waals surface area contributed by atoms with E-state index < -0.39 is 0 Å². The number of benzene rings is 1. The van der Waals surface area contributed by atoms with Crippen LogP contribution in [0, 0.1) is 0 Å². The summed E-state index contributed by atoms with van der Waals surface area (Å²) in [4.78, 5) is 20.6. The monoisotopic (exact) mass is 468 g/mol. The second-order valence-corrected chi connectivity index (χ2v) is 10.3. The largest absolute Gasteiger partial charge is 0.383 e. The summed E-state index contributed by atoms with van der Waals surface area (Å²) in [6.45, 7) is 7.55. The van der Waals surface area contributed by atoms with Crippen molar-refractivity contribution in [2.45, 2.75) is 70.7 Å². The molecule has 180 valence electrons. The molecule has 7 nitrogen and oxygen atoms in total. The zero-order valence-electron chi connectivity index (χ0n) is 20.5. The Morgan fingerprint density at radius 1 is 1.23 bits per heavy atom. The Labute approximate surface area is 206 Å². The minimum atomic E-state index is -0.0512. The molecular formula is C28H32N6O. The summed E-state index contributed by atoms with van der Waals surface area (Å²) >= 11 is 0. The van der Waals surface area contributed by atoms with Gasteiger partial charge in [0.15, 0.2) is 5.78 Å². The number of nitrogen functional groups attached to an aromatic ring is 1. The smallest absolute Gasteiger partial charge is 0.194 e. The highest BCUT2D eigenvalue weighted by atomic mass is 16.1. The van der Waals surface area contributed by atoms with Gasteiger partial charge in [0.05, 0.1) is 35.4 Å². The van der Waals surface area contributed by atoms with Gasteiger partial charge >= 0.3 is 0 Å². The van der Waals surface area contributed by atoms with Gasteiger partial charge in [-0.05, 0) is 68.5 Å². The third-order valence-corrected chi connectivity index (χ3v) is 7.91. The number of hydrogen-bond acceptors (Lipinski definition) is 6. The van der Waals surface area contributed by atoms with Gasteiger partial charge in [0, 0.05) is 30.6 Å². The average Bonchev–Trinajstić information content (AvgIpc) is 3.60. The molecule has 0 radical (unpaired) electrons. The average molecular weight is 469 g/mol. The molecule has 6 rings (SSSR count). The summed E-state index contributed by atoms with van der Waals surface area (Å²) in [5.74, 6) is 1.24. The Morgan fingerprint density at radius 2 is 2.03 bits per heavy atom. The molecule has 0 saturated carbocycles. The van der Waals surface area contributed by atoms with Crippen molar-refractivity contribution in [3.05, 3.63) is 70.5 Å². The second-order valence-electron chi connectivity index (χ2n) is 10.3. The summed E-state index contributed by atoms with van der Waals surface area (Å²) < 4.78 is 1.65. The van der Waals surface area contributed by atoms with Crippen molar-refractivity contribution in [3.63, 3.8) is 0 Å². The maximum absolute atomic E-state index is 13.4.